The number of hydrogen-bond donors (Lipinski definition) is 2. The number of nitrogens with one attached hydrogen (secondary N) is 2. The minimum atomic E-state index is 0.820. The van der Waals surface area contributed by atoms with E-state index in [4.69, 9.17) is 4.42 Å². The van der Waals surface area contributed by atoms with Crippen molar-refractivity contribution >= 4 is 0 Å². The molecule has 0 aliphatic rings. The summed E-state index contributed by atoms with van der Waals surface area (Å²) in [6, 6.07) is 1.96. The molecule has 4 nitrogen and oxygen atoms in total. The van der Waals surface area contributed by atoms with Gasteiger partial charge in [-0.3, -0.25) is 5.10 Å². The molecule has 80 valence electrons. The van der Waals surface area contributed by atoms with E-state index in [2.05, 4.69) is 15.5 Å². The van der Waals surface area contributed by atoms with Gasteiger partial charge in [0.15, 0.2) is 0 Å². The van der Waals surface area contributed by atoms with Crippen molar-refractivity contribution in [1.29, 1.82) is 0 Å². The van der Waals surface area contributed by atoms with E-state index in [0.717, 1.165) is 30.0 Å². The molecule has 0 aromatic carbocycles. The lowest BCUT2D eigenvalue weighted by atomic mass is 10.2. The summed E-state index contributed by atoms with van der Waals surface area (Å²) in [4.78, 5) is 0. The van der Waals surface area contributed by atoms with Gasteiger partial charge in [-0.1, -0.05) is 0 Å². The minimum Gasteiger partial charge on any atom is -0.472 e. The number of hydrogen-bond acceptors (Lipinski definition) is 3. The molecule has 0 unspecified atom stereocenters. The fourth-order valence-corrected chi connectivity index (χ4v) is 1.56. The number of H-pyrrole nitrogens is 1. The summed E-state index contributed by atoms with van der Waals surface area (Å²) in [5, 5.41) is 10.5. The van der Waals surface area contributed by atoms with Crippen LogP contribution in [0.25, 0.3) is 0 Å². The number of aromatic amines is 1. The average Bonchev–Trinajstić information content (AvgIpc) is 2.82. The van der Waals surface area contributed by atoms with Crippen LogP contribution in [0.1, 0.15) is 22.5 Å². The topological polar surface area (TPSA) is 53.9 Å². The third-order valence-corrected chi connectivity index (χ3v) is 2.49. The van der Waals surface area contributed by atoms with Crippen LogP contribution >= 0.6 is 0 Å². The van der Waals surface area contributed by atoms with Crippen molar-refractivity contribution in [2.75, 3.05) is 0 Å². The molecule has 2 heterocycles. The summed E-state index contributed by atoms with van der Waals surface area (Å²) in [5.41, 5.74) is 4.60. The quantitative estimate of drug-likeness (QED) is 0.801. The number of nitrogens with zero attached hydrogens (tertiary/aromatic N) is 1. The highest BCUT2D eigenvalue weighted by Crippen LogP contribution is 2.09. The highest BCUT2D eigenvalue weighted by molar-refractivity contribution is 5.22. The van der Waals surface area contributed by atoms with Crippen LogP contribution in [0.2, 0.25) is 0 Å². The van der Waals surface area contributed by atoms with E-state index in [-0.39, 0.29) is 0 Å². The second kappa shape index (κ2) is 4.31. The summed E-state index contributed by atoms with van der Waals surface area (Å²) in [6.45, 7) is 5.70. The highest BCUT2D eigenvalue weighted by atomic mass is 16.3. The molecule has 0 aliphatic carbocycles. The van der Waals surface area contributed by atoms with Crippen molar-refractivity contribution in [3.05, 3.63) is 41.1 Å². The summed E-state index contributed by atoms with van der Waals surface area (Å²) < 4.78 is 4.99. The van der Waals surface area contributed by atoms with Gasteiger partial charge in [0.25, 0.3) is 0 Å². The van der Waals surface area contributed by atoms with Gasteiger partial charge >= 0.3 is 0 Å². The van der Waals surface area contributed by atoms with Gasteiger partial charge in [0.05, 0.1) is 18.2 Å². The third-order valence-electron chi connectivity index (χ3n) is 2.49. The molecule has 4 heteroatoms. The SMILES string of the molecule is Cc1n[nH]c(C)c1CNCc1ccoc1. The van der Waals surface area contributed by atoms with Crippen LogP contribution in [0.15, 0.2) is 23.0 Å². The van der Waals surface area contributed by atoms with Crippen molar-refractivity contribution in [1.82, 2.24) is 15.5 Å². The number of aromatic nitrogens is 2. The van der Waals surface area contributed by atoms with E-state index in [1.807, 2.05) is 19.9 Å². The molecule has 0 amide bonds. The van der Waals surface area contributed by atoms with Crippen LogP contribution in [0.3, 0.4) is 0 Å². The Hall–Kier alpha value is -1.55. The number of furan rings is 1. The summed E-state index contributed by atoms with van der Waals surface area (Å²) in [6.07, 6.45) is 3.44. The van der Waals surface area contributed by atoms with E-state index < -0.39 is 0 Å². The number of aryl methyl sites for hydroxylation is 2. The molecule has 0 saturated carbocycles. The van der Waals surface area contributed by atoms with Crippen LogP contribution < -0.4 is 5.32 Å². The molecule has 0 aliphatic heterocycles. The van der Waals surface area contributed by atoms with E-state index in [1.165, 1.54) is 5.56 Å². The van der Waals surface area contributed by atoms with Crippen molar-refractivity contribution in [3.8, 4) is 0 Å². The van der Waals surface area contributed by atoms with Crippen LogP contribution in [-0.4, -0.2) is 10.2 Å². The van der Waals surface area contributed by atoms with Crippen molar-refractivity contribution in [3.63, 3.8) is 0 Å². The Morgan fingerprint density at radius 3 is 2.87 bits per heavy atom. The zero-order chi connectivity index (χ0) is 10.7. The fraction of sp³-hybridized carbons (Fsp3) is 0.364. The predicted octanol–water partition coefficient (Wildman–Crippen LogP) is 1.91. The highest BCUT2D eigenvalue weighted by Gasteiger charge is 2.05. The van der Waals surface area contributed by atoms with Crippen LogP contribution in [0.4, 0.5) is 0 Å². The van der Waals surface area contributed by atoms with Crippen molar-refractivity contribution in [2.24, 2.45) is 0 Å². The lowest BCUT2D eigenvalue weighted by molar-refractivity contribution is 0.560. The second-order valence-corrected chi connectivity index (χ2v) is 3.65. The van der Waals surface area contributed by atoms with Gasteiger partial charge in [0.1, 0.15) is 0 Å². The summed E-state index contributed by atoms with van der Waals surface area (Å²) in [5.74, 6) is 0. The average molecular weight is 205 g/mol. The molecular formula is C11H15N3O. The molecule has 0 atom stereocenters. The largest absolute Gasteiger partial charge is 0.472 e. The van der Waals surface area contributed by atoms with Gasteiger partial charge in [-0.2, -0.15) is 5.10 Å². The maximum absolute atomic E-state index is 4.99. The van der Waals surface area contributed by atoms with Crippen LogP contribution in [0.5, 0.6) is 0 Å². The molecule has 0 spiro atoms. The van der Waals surface area contributed by atoms with E-state index in [9.17, 15) is 0 Å². The van der Waals surface area contributed by atoms with Gasteiger partial charge in [-0.15, -0.1) is 0 Å². The normalized spacial score (nSPS) is 10.8. The maximum atomic E-state index is 4.99. The van der Waals surface area contributed by atoms with Crippen molar-refractivity contribution < 1.29 is 4.42 Å². The molecule has 0 bridgehead atoms. The fourth-order valence-electron chi connectivity index (χ4n) is 1.56. The first kappa shape index (κ1) is 9.98. The Kier molecular flexibility index (Phi) is 2.87. The van der Waals surface area contributed by atoms with E-state index in [1.54, 1.807) is 12.5 Å². The van der Waals surface area contributed by atoms with Gasteiger partial charge in [0, 0.05) is 29.9 Å². The first-order valence-electron chi connectivity index (χ1n) is 4.99. The lowest BCUT2D eigenvalue weighted by Crippen LogP contribution is -2.13. The van der Waals surface area contributed by atoms with Crippen LogP contribution in [0, 0.1) is 13.8 Å². The third kappa shape index (κ3) is 2.27. The molecule has 2 rings (SSSR count). The van der Waals surface area contributed by atoms with Crippen LogP contribution in [-0.2, 0) is 13.1 Å². The standard InChI is InChI=1S/C11H15N3O/c1-8-11(9(2)14-13-8)6-12-5-10-3-4-15-7-10/h3-4,7,12H,5-6H2,1-2H3,(H,13,14). The molecular weight excluding hydrogens is 190 g/mol. The zero-order valence-electron chi connectivity index (χ0n) is 9.00. The van der Waals surface area contributed by atoms with E-state index >= 15 is 0 Å². The first-order valence-corrected chi connectivity index (χ1v) is 4.99. The zero-order valence-corrected chi connectivity index (χ0v) is 9.00. The molecule has 15 heavy (non-hydrogen) atoms. The van der Waals surface area contributed by atoms with E-state index in [0.29, 0.717) is 0 Å². The molecule has 0 fully saturated rings. The molecule has 0 radical (unpaired) electrons. The predicted molar refractivity (Wildman–Crippen MR) is 57.3 cm³/mol. The smallest absolute Gasteiger partial charge is 0.0947 e. The Bertz CT molecular complexity index is 397. The monoisotopic (exact) mass is 205 g/mol. The van der Waals surface area contributed by atoms with Crippen molar-refractivity contribution in [2.45, 2.75) is 26.9 Å². The molecule has 2 aromatic rings. The molecule has 2 aromatic heterocycles. The Morgan fingerprint density at radius 1 is 1.40 bits per heavy atom. The lowest BCUT2D eigenvalue weighted by Gasteiger charge is -2.02. The van der Waals surface area contributed by atoms with Gasteiger partial charge < -0.3 is 9.73 Å². The maximum Gasteiger partial charge on any atom is 0.0947 e. The summed E-state index contributed by atoms with van der Waals surface area (Å²) >= 11 is 0. The van der Waals surface area contributed by atoms with Gasteiger partial charge in [-0.25, -0.2) is 0 Å². The first-order chi connectivity index (χ1) is 7.27. The Balaban J connectivity index is 1.89. The van der Waals surface area contributed by atoms with Gasteiger partial charge in [0.2, 0.25) is 0 Å². The molecule has 0 saturated heterocycles. The Morgan fingerprint density at radius 2 is 2.27 bits per heavy atom. The second-order valence-electron chi connectivity index (χ2n) is 3.65. The van der Waals surface area contributed by atoms with Gasteiger partial charge in [-0.05, 0) is 19.9 Å². The minimum absolute atomic E-state index is 0.820. The number of rotatable bonds is 4. The molecule has 2 N–H and O–H groups in total. The Labute approximate surface area is 88.7 Å². The summed E-state index contributed by atoms with van der Waals surface area (Å²) in [7, 11) is 0.